The lowest BCUT2D eigenvalue weighted by molar-refractivity contribution is -0.173. The van der Waals surface area contributed by atoms with E-state index in [1.54, 1.807) is 36.4 Å². The van der Waals surface area contributed by atoms with Crippen molar-refractivity contribution in [1.29, 1.82) is 0 Å². The molecule has 0 bridgehead atoms. The lowest BCUT2D eigenvalue weighted by Crippen LogP contribution is -2.49. The van der Waals surface area contributed by atoms with E-state index in [2.05, 4.69) is 5.32 Å². The first-order valence-electron chi connectivity index (χ1n) is 10.8. The summed E-state index contributed by atoms with van der Waals surface area (Å²) in [5, 5.41) is 12.9. The molecule has 188 valence electrons. The number of hydrogen-bond acceptors (Lipinski definition) is 8. The molecule has 0 saturated heterocycles. The molecule has 2 N–H and O–H groups in total. The summed E-state index contributed by atoms with van der Waals surface area (Å²) in [4.78, 5) is 50.2. The molecule has 0 aliphatic heterocycles. The van der Waals surface area contributed by atoms with Gasteiger partial charge in [-0.05, 0) is 45.0 Å². The van der Waals surface area contributed by atoms with Gasteiger partial charge in [0.1, 0.15) is 6.10 Å². The highest BCUT2D eigenvalue weighted by atomic mass is 35.5. The predicted molar refractivity (Wildman–Crippen MR) is 127 cm³/mol. The Morgan fingerprint density at radius 2 is 1.29 bits per heavy atom. The summed E-state index contributed by atoms with van der Waals surface area (Å²) in [7, 11) is 0. The molecule has 0 heterocycles. The van der Waals surface area contributed by atoms with Gasteiger partial charge in [-0.2, -0.15) is 0 Å². The normalized spacial score (nSPS) is 13.7. The molecule has 10 heteroatoms. The molecule has 0 aromatic heterocycles. The van der Waals surface area contributed by atoms with Crippen LogP contribution in [0.2, 0.25) is 0 Å². The smallest absolute Gasteiger partial charge is 0.352 e. The zero-order valence-electron chi connectivity index (χ0n) is 19.6. The first kappa shape index (κ1) is 27.8. The second kappa shape index (κ2) is 12.9. The third-order valence-electron chi connectivity index (χ3n) is 4.55. The van der Waals surface area contributed by atoms with Gasteiger partial charge < -0.3 is 24.6 Å². The van der Waals surface area contributed by atoms with Crippen LogP contribution in [0.15, 0.2) is 60.7 Å². The molecular weight excluding hydrogens is 478 g/mol. The standard InChI is InChI=1S/C25H28ClNO8/c1-25(2,3)27-15-18(14-26)33-24(32)20(35-23(31)17-12-8-5-9-13-17)19(21(28)29)34-22(30)16-10-6-4-7-11-16/h4-13,18-20,27H,14-15H2,1-3H3,(H,28,29)/t18-,19-,20+/m0/s1. The van der Waals surface area contributed by atoms with Gasteiger partial charge in [-0.1, -0.05) is 36.4 Å². The van der Waals surface area contributed by atoms with Gasteiger partial charge in [0, 0.05) is 12.1 Å². The largest absolute Gasteiger partial charge is 0.478 e. The van der Waals surface area contributed by atoms with E-state index in [1.165, 1.54) is 24.3 Å². The third-order valence-corrected chi connectivity index (χ3v) is 4.90. The topological polar surface area (TPSA) is 128 Å². The van der Waals surface area contributed by atoms with Crippen LogP contribution in [0, 0.1) is 0 Å². The maximum Gasteiger partial charge on any atom is 0.352 e. The number of halogens is 1. The van der Waals surface area contributed by atoms with Gasteiger partial charge in [-0.25, -0.2) is 19.2 Å². The number of alkyl halides is 1. The number of carbonyl (C=O) groups is 4. The van der Waals surface area contributed by atoms with Crippen molar-refractivity contribution in [3.8, 4) is 0 Å². The number of carbonyl (C=O) groups excluding carboxylic acids is 3. The van der Waals surface area contributed by atoms with Crippen molar-refractivity contribution < 1.29 is 38.5 Å². The van der Waals surface area contributed by atoms with Crippen LogP contribution in [0.1, 0.15) is 41.5 Å². The Morgan fingerprint density at radius 1 is 0.829 bits per heavy atom. The lowest BCUT2D eigenvalue weighted by Gasteiger charge is -2.27. The second-order valence-corrected chi connectivity index (χ2v) is 8.87. The quantitative estimate of drug-likeness (QED) is 0.269. The van der Waals surface area contributed by atoms with Crippen LogP contribution in [0.5, 0.6) is 0 Å². The first-order valence-corrected chi connectivity index (χ1v) is 11.3. The van der Waals surface area contributed by atoms with Crippen molar-refractivity contribution in [1.82, 2.24) is 5.32 Å². The van der Waals surface area contributed by atoms with Gasteiger partial charge in [-0.15, -0.1) is 11.6 Å². The van der Waals surface area contributed by atoms with Gasteiger partial charge in [0.25, 0.3) is 0 Å². The summed E-state index contributed by atoms with van der Waals surface area (Å²) >= 11 is 5.93. The van der Waals surface area contributed by atoms with Crippen LogP contribution in [0.4, 0.5) is 0 Å². The minimum Gasteiger partial charge on any atom is -0.478 e. The predicted octanol–water partition coefficient (Wildman–Crippen LogP) is 3.06. The Morgan fingerprint density at radius 3 is 1.69 bits per heavy atom. The number of rotatable bonds is 11. The summed E-state index contributed by atoms with van der Waals surface area (Å²) in [6.07, 6.45) is -5.14. The molecule has 35 heavy (non-hydrogen) atoms. The number of esters is 3. The molecule has 0 unspecified atom stereocenters. The van der Waals surface area contributed by atoms with Gasteiger partial charge in [0.05, 0.1) is 17.0 Å². The van der Waals surface area contributed by atoms with Crippen molar-refractivity contribution in [2.75, 3.05) is 12.4 Å². The number of ether oxygens (including phenoxy) is 3. The van der Waals surface area contributed by atoms with Gasteiger partial charge in [0.2, 0.25) is 12.2 Å². The molecular formula is C25H28ClNO8. The third kappa shape index (κ3) is 9.03. The Kier molecular flexibility index (Phi) is 10.2. The number of carboxylic acid groups (broad SMARTS) is 1. The van der Waals surface area contributed by atoms with E-state index in [1.807, 2.05) is 20.8 Å². The molecule has 0 radical (unpaired) electrons. The SMILES string of the molecule is CC(C)(C)NC[C@H](CCl)OC(=O)[C@H](OC(=O)c1ccccc1)[C@H](OC(=O)c1ccccc1)C(=O)O. The first-order chi connectivity index (χ1) is 16.5. The van der Waals surface area contributed by atoms with Gasteiger partial charge >= 0.3 is 23.9 Å². The van der Waals surface area contributed by atoms with Gasteiger partial charge in [-0.3, -0.25) is 0 Å². The van der Waals surface area contributed by atoms with E-state index in [4.69, 9.17) is 25.8 Å². The number of nitrogens with one attached hydrogen (secondary N) is 1. The zero-order chi connectivity index (χ0) is 26.0. The average molecular weight is 506 g/mol. The number of aliphatic carboxylic acids is 1. The molecule has 3 atom stereocenters. The molecule has 0 fully saturated rings. The zero-order valence-corrected chi connectivity index (χ0v) is 20.4. The number of carboxylic acids is 1. The Hall–Kier alpha value is -3.43. The van der Waals surface area contributed by atoms with E-state index in [-0.39, 0.29) is 29.1 Å². The second-order valence-electron chi connectivity index (χ2n) is 8.57. The Bertz CT molecular complexity index is 1010. The average Bonchev–Trinajstić information content (AvgIpc) is 2.83. The van der Waals surface area contributed by atoms with Crippen LogP contribution >= 0.6 is 11.6 Å². The fourth-order valence-electron chi connectivity index (χ4n) is 2.77. The van der Waals surface area contributed by atoms with Crippen LogP contribution < -0.4 is 5.32 Å². The highest BCUT2D eigenvalue weighted by Gasteiger charge is 2.43. The summed E-state index contributed by atoms with van der Waals surface area (Å²) < 4.78 is 15.6. The molecule has 0 aliphatic carbocycles. The van der Waals surface area contributed by atoms with Crippen molar-refractivity contribution in [2.45, 2.75) is 44.6 Å². The van der Waals surface area contributed by atoms with Crippen LogP contribution in [-0.2, 0) is 23.8 Å². The fourth-order valence-corrected chi connectivity index (χ4v) is 2.94. The van der Waals surface area contributed by atoms with Crippen LogP contribution in [0.25, 0.3) is 0 Å². The van der Waals surface area contributed by atoms with Crippen molar-refractivity contribution in [3.05, 3.63) is 71.8 Å². The summed E-state index contributed by atoms with van der Waals surface area (Å²) in [5.74, 6) is -5.05. The Balaban J connectivity index is 2.30. The summed E-state index contributed by atoms with van der Waals surface area (Å²) in [6, 6.07) is 15.2. The van der Waals surface area contributed by atoms with E-state index in [0.29, 0.717) is 0 Å². The molecule has 2 aromatic carbocycles. The molecule has 2 rings (SSSR count). The van der Waals surface area contributed by atoms with Crippen molar-refractivity contribution in [2.24, 2.45) is 0 Å². The van der Waals surface area contributed by atoms with Crippen molar-refractivity contribution in [3.63, 3.8) is 0 Å². The molecule has 0 saturated carbocycles. The highest BCUT2D eigenvalue weighted by molar-refractivity contribution is 6.18. The number of benzene rings is 2. The van der Waals surface area contributed by atoms with Crippen molar-refractivity contribution >= 4 is 35.5 Å². The summed E-state index contributed by atoms with van der Waals surface area (Å²) in [6.45, 7) is 5.84. The van der Waals surface area contributed by atoms with Gasteiger partial charge in [0.15, 0.2) is 0 Å². The minimum absolute atomic E-state index is 0.0493. The summed E-state index contributed by atoms with van der Waals surface area (Å²) in [5.41, 5.74) is -0.203. The molecule has 0 spiro atoms. The van der Waals surface area contributed by atoms with E-state index in [0.717, 1.165) is 0 Å². The fraction of sp³-hybridized carbons (Fsp3) is 0.360. The maximum atomic E-state index is 13.0. The van der Waals surface area contributed by atoms with Crippen LogP contribution in [-0.4, -0.2) is 65.3 Å². The van der Waals surface area contributed by atoms with E-state index in [9.17, 15) is 24.3 Å². The van der Waals surface area contributed by atoms with Crippen LogP contribution in [0.3, 0.4) is 0 Å². The number of hydrogen-bond donors (Lipinski definition) is 2. The van der Waals surface area contributed by atoms with E-state index >= 15 is 0 Å². The lowest BCUT2D eigenvalue weighted by atomic mass is 10.1. The molecule has 0 amide bonds. The highest BCUT2D eigenvalue weighted by Crippen LogP contribution is 2.16. The molecule has 2 aromatic rings. The monoisotopic (exact) mass is 505 g/mol. The van der Waals surface area contributed by atoms with E-state index < -0.39 is 42.2 Å². The molecule has 0 aliphatic rings. The maximum absolute atomic E-state index is 13.0. The molecule has 9 nitrogen and oxygen atoms in total. The minimum atomic E-state index is -2.17. The Labute approximate surface area is 208 Å².